The molecule has 1 aliphatic rings. The summed E-state index contributed by atoms with van der Waals surface area (Å²) in [5.74, 6) is 2.13. The molecule has 1 saturated carbocycles. The SMILES string of the molecule is COc1ccc2c(C(CN)C3CCCCC3)c[nH]c2c1. The van der Waals surface area contributed by atoms with Crippen LogP contribution in [-0.2, 0) is 0 Å². The number of ether oxygens (including phenoxy) is 1. The largest absolute Gasteiger partial charge is 0.497 e. The number of rotatable bonds is 4. The van der Waals surface area contributed by atoms with Crippen molar-refractivity contribution in [1.82, 2.24) is 4.98 Å². The maximum Gasteiger partial charge on any atom is 0.120 e. The van der Waals surface area contributed by atoms with Crippen LogP contribution in [0.25, 0.3) is 10.9 Å². The normalized spacial score (nSPS) is 18.3. The Morgan fingerprint density at radius 3 is 2.80 bits per heavy atom. The van der Waals surface area contributed by atoms with Gasteiger partial charge in [-0.15, -0.1) is 0 Å². The lowest BCUT2D eigenvalue weighted by atomic mass is 9.77. The smallest absolute Gasteiger partial charge is 0.120 e. The molecular formula is C17H24N2O. The van der Waals surface area contributed by atoms with Gasteiger partial charge in [-0.2, -0.15) is 0 Å². The van der Waals surface area contributed by atoms with Crippen molar-refractivity contribution in [2.45, 2.75) is 38.0 Å². The van der Waals surface area contributed by atoms with Crippen LogP contribution in [0.2, 0.25) is 0 Å². The molecule has 3 heteroatoms. The summed E-state index contributed by atoms with van der Waals surface area (Å²) in [5.41, 5.74) is 8.64. The molecule has 108 valence electrons. The van der Waals surface area contributed by atoms with Crippen LogP contribution < -0.4 is 10.5 Å². The summed E-state index contributed by atoms with van der Waals surface area (Å²) in [6, 6.07) is 6.26. The number of hydrogen-bond donors (Lipinski definition) is 2. The van der Waals surface area contributed by atoms with E-state index in [2.05, 4.69) is 23.3 Å². The van der Waals surface area contributed by atoms with E-state index in [-0.39, 0.29) is 0 Å². The minimum absolute atomic E-state index is 0.484. The van der Waals surface area contributed by atoms with E-state index in [1.807, 2.05) is 6.07 Å². The zero-order valence-electron chi connectivity index (χ0n) is 12.2. The molecular weight excluding hydrogens is 248 g/mol. The average Bonchev–Trinajstić information content (AvgIpc) is 2.92. The molecule has 20 heavy (non-hydrogen) atoms. The highest BCUT2D eigenvalue weighted by atomic mass is 16.5. The molecule has 0 aliphatic heterocycles. The van der Waals surface area contributed by atoms with Gasteiger partial charge in [0.15, 0.2) is 0 Å². The first-order valence-corrected chi connectivity index (χ1v) is 7.68. The monoisotopic (exact) mass is 272 g/mol. The van der Waals surface area contributed by atoms with Crippen molar-refractivity contribution in [1.29, 1.82) is 0 Å². The van der Waals surface area contributed by atoms with Crippen LogP contribution in [0.15, 0.2) is 24.4 Å². The van der Waals surface area contributed by atoms with Crippen molar-refractivity contribution < 1.29 is 4.74 Å². The van der Waals surface area contributed by atoms with E-state index in [0.717, 1.165) is 23.7 Å². The quantitative estimate of drug-likeness (QED) is 0.889. The van der Waals surface area contributed by atoms with Crippen LogP contribution in [0.5, 0.6) is 5.75 Å². The number of methoxy groups -OCH3 is 1. The van der Waals surface area contributed by atoms with Crippen molar-refractivity contribution in [3.63, 3.8) is 0 Å². The van der Waals surface area contributed by atoms with Gasteiger partial charge in [0.1, 0.15) is 5.75 Å². The van der Waals surface area contributed by atoms with Gasteiger partial charge in [0, 0.05) is 29.1 Å². The van der Waals surface area contributed by atoms with Crippen LogP contribution in [0.1, 0.15) is 43.6 Å². The lowest BCUT2D eigenvalue weighted by molar-refractivity contribution is 0.308. The molecule has 0 amide bonds. The van der Waals surface area contributed by atoms with Crippen LogP contribution in [-0.4, -0.2) is 18.6 Å². The third-order valence-corrected chi connectivity index (χ3v) is 4.79. The Morgan fingerprint density at radius 1 is 1.30 bits per heavy atom. The first kappa shape index (κ1) is 13.5. The van der Waals surface area contributed by atoms with Crippen molar-refractivity contribution in [3.8, 4) is 5.75 Å². The molecule has 1 aliphatic carbocycles. The summed E-state index contributed by atoms with van der Waals surface area (Å²) in [6.45, 7) is 0.740. The maximum absolute atomic E-state index is 6.10. The maximum atomic E-state index is 6.10. The van der Waals surface area contributed by atoms with Crippen molar-refractivity contribution in [2.75, 3.05) is 13.7 Å². The van der Waals surface area contributed by atoms with Crippen LogP contribution in [0.3, 0.4) is 0 Å². The van der Waals surface area contributed by atoms with Gasteiger partial charge in [0.25, 0.3) is 0 Å². The molecule has 0 bridgehead atoms. The summed E-state index contributed by atoms with van der Waals surface area (Å²) in [4.78, 5) is 3.38. The van der Waals surface area contributed by atoms with Crippen molar-refractivity contribution in [2.24, 2.45) is 11.7 Å². The minimum Gasteiger partial charge on any atom is -0.497 e. The number of benzene rings is 1. The van der Waals surface area contributed by atoms with Gasteiger partial charge < -0.3 is 15.5 Å². The Kier molecular flexibility index (Phi) is 3.97. The Labute approximate surface area is 120 Å². The fourth-order valence-corrected chi connectivity index (χ4v) is 3.67. The van der Waals surface area contributed by atoms with Crippen LogP contribution in [0.4, 0.5) is 0 Å². The molecule has 1 aromatic heterocycles. The number of aromatic amines is 1. The molecule has 0 saturated heterocycles. The highest BCUT2D eigenvalue weighted by Gasteiger charge is 2.25. The second kappa shape index (κ2) is 5.88. The zero-order chi connectivity index (χ0) is 13.9. The van der Waals surface area contributed by atoms with Gasteiger partial charge in [-0.1, -0.05) is 19.3 Å². The van der Waals surface area contributed by atoms with Crippen molar-refractivity contribution >= 4 is 10.9 Å². The Morgan fingerprint density at radius 2 is 2.10 bits per heavy atom. The van der Waals surface area contributed by atoms with Gasteiger partial charge in [-0.25, -0.2) is 0 Å². The number of nitrogens with two attached hydrogens (primary N) is 1. The Bertz CT molecular complexity index is 569. The first-order valence-electron chi connectivity index (χ1n) is 7.68. The number of H-pyrrole nitrogens is 1. The lowest BCUT2D eigenvalue weighted by Crippen LogP contribution is -2.23. The summed E-state index contributed by atoms with van der Waals surface area (Å²) in [6.07, 6.45) is 8.90. The molecule has 1 fully saturated rings. The molecule has 3 nitrogen and oxygen atoms in total. The van der Waals surface area contributed by atoms with E-state index in [4.69, 9.17) is 10.5 Å². The second-order valence-electron chi connectivity index (χ2n) is 5.90. The third kappa shape index (κ3) is 2.42. The van der Waals surface area contributed by atoms with E-state index in [9.17, 15) is 0 Å². The average molecular weight is 272 g/mol. The number of nitrogens with one attached hydrogen (secondary N) is 1. The molecule has 0 radical (unpaired) electrons. The summed E-state index contributed by atoms with van der Waals surface area (Å²) in [5, 5.41) is 1.30. The van der Waals surface area contributed by atoms with Crippen LogP contribution in [0, 0.1) is 5.92 Å². The molecule has 2 aromatic rings. The van der Waals surface area contributed by atoms with Gasteiger partial charge >= 0.3 is 0 Å². The first-order chi connectivity index (χ1) is 9.83. The fraction of sp³-hybridized carbons (Fsp3) is 0.529. The number of aromatic nitrogens is 1. The summed E-state index contributed by atoms with van der Waals surface area (Å²) >= 11 is 0. The standard InChI is InChI=1S/C17H24N2O/c1-20-13-7-8-14-16(11-19-17(14)9-13)15(10-18)12-5-3-2-4-6-12/h7-9,11-12,15,19H,2-6,10,18H2,1H3. The summed E-state index contributed by atoms with van der Waals surface area (Å²) < 4.78 is 5.29. The van der Waals surface area contributed by atoms with Crippen molar-refractivity contribution in [3.05, 3.63) is 30.0 Å². The lowest BCUT2D eigenvalue weighted by Gasteiger charge is -2.29. The molecule has 3 N–H and O–H groups in total. The fourth-order valence-electron chi connectivity index (χ4n) is 3.67. The van der Waals surface area contributed by atoms with E-state index in [1.165, 1.54) is 43.1 Å². The topological polar surface area (TPSA) is 51.0 Å². The van der Waals surface area contributed by atoms with Gasteiger partial charge in [0.2, 0.25) is 0 Å². The molecule has 0 spiro atoms. The molecule has 1 unspecified atom stereocenters. The molecule has 3 rings (SSSR count). The Hall–Kier alpha value is -1.48. The zero-order valence-corrected chi connectivity index (χ0v) is 12.2. The molecule has 1 atom stereocenters. The van der Waals surface area contributed by atoms with E-state index in [0.29, 0.717) is 5.92 Å². The highest BCUT2D eigenvalue weighted by Crippen LogP contribution is 2.38. The van der Waals surface area contributed by atoms with E-state index >= 15 is 0 Å². The second-order valence-corrected chi connectivity index (χ2v) is 5.90. The van der Waals surface area contributed by atoms with E-state index in [1.54, 1.807) is 7.11 Å². The predicted molar refractivity (Wildman–Crippen MR) is 83.2 cm³/mol. The number of hydrogen-bond acceptors (Lipinski definition) is 2. The van der Waals surface area contributed by atoms with Crippen LogP contribution >= 0.6 is 0 Å². The minimum atomic E-state index is 0.484. The number of fused-ring (bicyclic) bond motifs is 1. The predicted octanol–water partition coefficient (Wildman–Crippen LogP) is 3.80. The van der Waals surface area contributed by atoms with Gasteiger partial charge in [-0.3, -0.25) is 0 Å². The molecule has 1 aromatic carbocycles. The Balaban J connectivity index is 1.94. The third-order valence-electron chi connectivity index (χ3n) is 4.79. The van der Waals surface area contributed by atoms with E-state index < -0.39 is 0 Å². The van der Waals surface area contributed by atoms with Gasteiger partial charge in [0.05, 0.1) is 7.11 Å². The van der Waals surface area contributed by atoms with Gasteiger partial charge in [-0.05, 0) is 43.0 Å². The summed E-state index contributed by atoms with van der Waals surface area (Å²) in [7, 11) is 1.70. The molecule has 1 heterocycles. The highest BCUT2D eigenvalue weighted by molar-refractivity contribution is 5.85.